The van der Waals surface area contributed by atoms with Crippen LogP contribution in [0.1, 0.15) is 27.0 Å². The first-order chi connectivity index (χ1) is 14.0. The molecule has 1 heterocycles. The Balaban J connectivity index is 1.63. The summed E-state index contributed by atoms with van der Waals surface area (Å²) < 4.78 is 6.92. The monoisotopic (exact) mass is 392 g/mol. The van der Waals surface area contributed by atoms with Crippen molar-refractivity contribution in [1.29, 1.82) is 0 Å². The molecule has 29 heavy (non-hydrogen) atoms. The number of anilines is 1. The molecule has 2 aromatic carbocycles. The maximum absolute atomic E-state index is 13.0. The van der Waals surface area contributed by atoms with E-state index in [-0.39, 0.29) is 5.91 Å². The predicted octanol–water partition coefficient (Wildman–Crippen LogP) is 3.63. The summed E-state index contributed by atoms with van der Waals surface area (Å²) in [6.07, 6.45) is 3.71. The topological polar surface area (TPSA) is 59.4 Å². The number of ether oxygens (including phenoxy) is 1. The Kier molecular flexibility index (Phi) is 7.03. The lowest BCUT2D eigenvalue weighted by Crippen LogP contribution is -2.33. The van der Waals surface area contributed by atoms with Gasteiger partial charge >= 0.3 is 0 Å². The molecule has 0 aliphatic heterocycles. The van der Waals surface area contributed by atoms with Crippen molar-refractivity contribution in [3.63, 3.8) is 0 Å². The maximum atomic E-state index is 13.0. The number of carbonyl (C=O) groups excluding carboxylic acids is 1. The van der Waals surface area contributed by atoms with Gasteiger partial charge < -0.3 is 15.0 Å². The SMILES string of the molecule is COCCN(Cc1cnn(C)c1)C(=O)c1ccc(CNc2ccc(C)cc2)cc1. The third kappa shape index (κ3) is 5.93. The molecule has 152 valence electrons. The van der Waals surface area contributed by atoms with Gasteiger partial charge in [-0.25, -0.2) is 0 Å². The third-order valence-corrected chi connectivity index (χ3v) is 4.73. The summed E-state index contributed by atoms with van der Waals surface area (Å²) in [5, 5.41) is 7.59. The Labute approximate surface area is 172 Å². The van der Waals surface area contributed by atoms with E-state index in [0.717, 1.165) is 16.8 Å². The van der Waals surface area contributed by atoms with Crippen molar-refractivity contribution in [2.75, 3.05) is 25.6 Å². The van der Waals surface area contributed by atoms with Gasteiger partial charge in [-0.1, -0.05) is 29.8 Å². The molecule has 3 aromatic rings. The number of methoxy groups -OCH3 is 1. The minimum atomic E-state index is -0.0102. The zero-order valence-electron chi connectivity index (χ0n) is 17.3. The number of nitrogens with one attached hydrogen (secondary N) is 1. The smallest absolute Gasteiger partial charge is 0.254 e. The van der Waals surface area contributed by atoms with Crippen molar-refractivity contribution in [2.45, 2.75) is 20.0 Å². The molecule has 0 spiro atoms. The average molecular weight is 393 g/mol. The second-order valence-corrected chi connectivity index (χ2v) is 7.16. The number of aryl methyl sites for hydroxylation is 2. The first-order valence-electron chi connectivity index (χ1n) is 9.70. The first kappa shape index (κ1) is 20.6. The number of nitrogens with zero attached hydrogens (tertiary/aromatic N) is 3. The van der Waals surface area contributed by atoms with Crippen LogP contribution in [0.25, 0.3) is 0 Å². The van der Waals surface area contributed by atoms with Crippen molar-refractivity contribution in [2.24, 2.45) is 7.05 Å². The molecule has 0 atom stereocenters. The van der Waals surface area contributed by atoms with E-state index in [9.17, 15) is 4.79 Å². The number of benzene rings is 2. The van der Waals surface area contributed by atoms with Gasteiger partial charge in [-0.3, -0.25) is 9.48 Å². The minimum absolute atomic E-state index is 0.0102. The van der Waals surface area contributed by atoms with Gasteiger partial charge in [0.25, 0.3) is 5.91 Å². The van der Waals surface area contributed by atoms with E-state index in [0.29, 0.717) is 31.8 Å². The summed E-state index contributed by atoms with van der Waals surface area (Å²) in [5.41, 5.74) is 5.11. The fourth-order valence-electron chi connectivity index (χ4n) is 3.05. The molecule has 1 amide bonds. The quantitative estimate of drug-likeness (QED) is 0.604. The Morgan fingerprint density at radius 3 is 2.45 bits per heavy atom. The highest BCUT2D eigenvalue weighted by Gasteiger charge is 2.16. The molecule has 0 bridgehead atoms. The second kappa shape index (κ2) is 9.89. The molecule has 6 heteroatoms. The van der Waals surface area contributed by atoms with E-state index in [1.54, 1.807) is 22.9 Å². The first-order valence-corrected chi connectivity index (χ1v) is 9.70. The summed E-state index contributed by atoms with van der Waals surface area (Å²) in [6.45, 7) is 4.31. The lowest BCUT2D eigenvalue weighted by molar-refractivity contribution is 0.0680. The van der Waals surface area contributed by atoms with Crippen LogP contribution in [-0.2, 0) is 24.9 Å². The van der Waals surface area contributed by atoms with Gasteiger partial charge in [0.05, 0.1) is 12.8 Å². The van der Waals surface area contributed by atoms with Gasteiger partial charge in [0.2, 0.25) is 0 Å². The van der Waals surface area contributed by atoms with E-state index < -0.39 is 0 Å². The molecule has 0 saturated heterocycles. The van der Waals surface area contributed by atoms with Crippen LogP contribution < -0.4 is 5.32 Å². The van der Waals surface area contributed by atoms with Gasteiger partial charge in [0.1, 0.15) is 0 Å². The van der Waals surface area contributed by atoms with Gasteiger partial charge in [0, 0.05) is 56.8 Å². The number of hydrogen-bond donors (Lipinski definition) is 1. The highest BCUT2D eigenvalue weighted by molar-refractivity contribution is 5.94. The van der Waals surface area contributed by atoms with Crippen molar-refractivity contribution in [1.82, 2.24) is 14.7 Å². The van der Waals surface area contributed by atoms with Crippen molar-refractivity contribution in [3.8, 4) is 0 Å². The Bertz CT molecular complexity index is 917. The zero-order valence-corrected chi connectivity index (χ0v) is 17.3. The number of carbonyl (C=O) groups is 1. The van der Waals surface area contributed by atoms with E-state index in [1.807, 2.05) is 37.5 Å². The molecule has 1 N–H and O–H groups in total. The van der Waals surface area contributed by atoms with Crippen molar-refractivity contribution < 1.29 is 9.53 Å². The van der Waals surface area contributed by atoms with Crippen LogP contribution in [0.2, 0.25) is 0 Å². The number of aromatic nitrogens is 2. The molecule has 6 nitrogen and oxygen atoms in total. The van der Waals surface area contributed by atoms with Crippen LogP contribution >= 0.6 is 0 Å². The van der Waals surface area contributed by atoms with Crippen LogP contribution in [0, 0.1) is 6.92 Å². The second-order valence-electron chi connectivity index (χ2n) is 7.16. The lowest BCUT2D eigenvalue weighted by atomic mass is 10.1. The van der Waals surface area contributed by atoms with E-state index in [4.69, 9.17) is 4.74 Å². The van der Waals surface area contributed by atoms with E-state index in [1.165, 1.54) is 5.56 Å². The van der Waals surface area contributed by atoms with Crippen LogP contribution in [0.15, 0.2) is 60.9 Å². The van der Waals surface area contributed by atoms with E-state index in [2.05, 4.69) is 41.6 Å². The van der Waals surface area contributed by atoms with Gasteiger partial charge in [0.15, 0.2) is 0 Å². The lowest BCUT2D eigenvalue weighted by Gasteiger charge is -2.22. The molecule has 0 aliphatic rings. The third-order valence-electron chi connectivity index (χ3n) is 4.73. The molecule has 0 aliphatic carbocycles. The normalized spacial score (nSPS) is 10.7. The maximum Gasteiger partial charge on any atom is 0.254 e. The number of hydrogen-bond acceptors (Lipinski definition) is 4. The Morgan fingerprint density at radius 2 is 1.83 bits per heavy atom. The molecule has 1 aromatic heterocycles. The number of amides is 1. The van der Waals surface area contributed by atoms with Crippen molar-refractivity contribution in [3.05, 3.63) is 83.2 Å². The molecule has 0 saturated carbocycles. The summed E-state index contributed by atoms with van der Waals surface area (Å²) in [6, 6.07) is 16.1. The van der Waals surface area contributed by atoms with Crippen LogP contribution in [0.3, 0.4) is 0 Å². The minimum Gasteiger partial charge on any atom is -0.383 e. The fourth-order valence-corrected chi connectivity index (χ4v) is 3.05. The largest absolute Gasteiger partial charge is 0.383 e. The summed E-state index contributed by atoms with van der Waals surface area (Å²) in [7, 11) is 3.51. The van der Waals surface area contributed by atoms with E-state index >= 15 is 0 Å². The van der Waals surface area contributed by atoms with Crippen LogP contribution in [0.4, 0.5) is 5.69 Å². The molecule has 3 rings (SSSR count). The molecule has 0 unspecified atom stereocenters. The van der Waals surface area contributed by atoms with Gasteiger partial charge in [-0.2, -0.15) is 5.10 Å². The zero-order chi connectivity index (χ0) is 20.6. The van der Waals surface area contributed by atoms with Gasteiger partial charge in [-0.05, 0) is 36.8 Å². The Morgan fingerprint density at radius 1 is 1.10 bits per heavy atom. The predicted molar refractivity (Wildman–Crippen MR) is 115 cm³/mol. The fraction of sp³-hybridized carbons (Fsp3) is 0.304. The Hall–Kier alpha value is -3.12. The van der Waals surface area contributed by atoms with Crippen molar-refractivity contribution >= 4 is 11.6 Å². The molecule has 0 radical (unpaired) electrons. The highest BCUT2D eigenvalue weighted by atomic mass is 16.5. The van der Waals surface area contributed by atoms with Crippen LogP contribution in [-0.4, -0.2) is 40.8 Å². The van der Waals surface area contributed by atoms with Gasteiger partial charge in [-0.15, -0.1) is 0 Å². The summed E-state index contributed by atoms with van der Waals surface area (Å²) in [5.74, 6) is -0.0102. The number of rotatable bonds is 9. The summed E-state index contributed by atoms with van der Waals surface area (Å²) >= 11 is 0. The highest BCUT2D eigenvalue weighted by Crippen LogP contribution is 2.14. The van der Waals surface area contributed by atoms with Crippen LogP contribution in [0.5, 0.6) is 0 Å². The molecule has 0 fully saturated rings. The standard InChI is InChI=1S/C23H28N4O2/c1-18-4-10-22(11-5-18)24-14-19-6-8-21(9-7-19)23(28)27(12-13-29-3)17-20-15-25-26(2)16-20/h4-11,15-16,24H,12-14,17H2,1-3H3. The molecular weight excluding hydrogens is 364 g/mol. The molecular formula is C23H28N4O2. The average Bonchev–Trinajstić information content (AvgIpc) is 3.15. The summed E-state index contributed by atoms with van der Waals surface area (Å²) in [4.78, 5) is 14.8.